The largest absolute Gasteiger partial charge is 0.512 e. The summed E-state index contributed by atoms with van der Waals surface area (Å²) in [6, 6.07) is 10.2. The lowest BCUT2D eigenvalue weighted by molar-refractivity contribution is -0.125. The van der Waals surface area contributed by atoms with E-state index < -0.39 is 5.41 Å². The fourth-order valence-corrected chi connectivity index (χ4v) is 4.16. The van der Waals surface area contributed by atoms with Crippen molar-refractivity contribution in [2.24, 2.45) is 5.41 Å². The number of benzene rings is 1. The summed E-state index contributed by atoms with van der Waals surface area (Å²) in [4.78, 5) is 12.6. The fraction of sp³-hybridized carbons (Fsp3) is 0.545. The molecule has 2 N–H and O–H groups in total. The van der Waals surface area contributed by atoms with Crippen LogP contribution in [0.15, 0.2) is 42.2 Å². The number of aromatic nitrogens is 4. The molecule has 0 aliphatic heterocycles. The maximum absolute atomic E-state index is 12.6. The highest BCUT2D eigenvalue weighted by Gasteiger charge is 2.44. The van der Waals surface area contributed by atoms with E-state index in [2.05, 4.69) is 32.8 Å². The Morgan fingerprint density at radius 3 is 2.68 bits per heavy atom. The molecule has 1 saturated carbocycles. The Hall–Kier alpha value is -2.50. The number of nitrogens with zero attached hydrogens (tertiary/aromatic N) is 3. The molecular formula is C22H30N4O2. The summed E-state index contributed by atoms with van der Waals surface area (Å²) in [7, 11) is 0. The summed E-state index contributed by atoms with van der Waals surface area (Å²) >= 11 is 0. The van der Waals surface area contributed by atoms with E-state index in [0.29, 0.717) is 12.2 Å². The van der Waals surface area contributed by atoms with Crippen molar-refractivity contribution in [1.82, 2.24) is 20.6 Å². The van der Waals surface area contributed by atoms with Crippen molar-refractivity contribution in [3.05, 3.63) is 53.6 Å². The number of hydrogen-bond acceptors (Lipinski definition) is 5. The molecule has 6 heteroatoms. The number of carbonyl (C=O) groups is 1. The van der Waals surface area contributed by atoms with E-state index >= 15 is 0 Å². The second-order valence-electron chi connectivity index (χ2n) is 7.71. The number of aromatic amines is 1. The number of aliphatic hydroxyl groups is 1. The van der Waals surface area contributed by atoms with Crippen LogP contribution in [0.2, 0.25) is 0 Å². The molecule has 3 rings (SSSR count). The lowest BCUT2D eigenvalue weighted by atomic mass is 9.77. The average Bonchev–Trinajstić information content (AvgIpc) is 3.36. The molecule has 0 spiro atoms. The minimum absolute atomic E-state index is 0.216. The maximum atomic E-state index is 12.6. The highest BCUT2D eigenvalue weighted by molar-refractivity contribution is 5.89. The van der Waals surface area contributed by atoms with Crippen LogP contribution in [0.25, 0.3) is 0 Å². The molecule has 0 amide bonds. The molecule has 1 aliphatic rings. The molecule has 0 bridgehead atoms. The van der Waals surface area contributed by atoms with Crippen LogP contribution < -0.4 is 0 Å². The van der Waals surface area contributed by atoms with Gasteiger partial charge in [0.25, 0.3) is 0 Å². The minimum atomic E-state index is -0.635. The molecule has 150 valence electrons. The van der Waals surface area contributed by atoms with Crippen molar-refractivity contribution < 1.29 is 9.90 Å². The molecule has 1 aromatic heterocycles. The molecule has 1 aromatic carbocycles. The predicted molar refractivity (Wildman–Crippen MR) is 108 cm³/mol. The Morgan fingerprint density at radius 2 is 1.96 bits per heavy atom. The van der Waals surface area contributed by atoms with Gasteiger partial charge in [0.15, 0.2) is 5.82 Å². The molecule has 0 saturated heterocycles. The van der Waals surface area contributed by atoms with Gasteiger partial charge in [-0.2, -0.15) is 5.21 Å². The number of unbranched alkanes of at least 4 members (excludes halogenated alkanes) is 3. The molecule has 2 aromatic rings. The van der Waals surface area contributed by atoms with Crippen LogP contribution in [0, 0.1) is 5.41 Å². The number of hydrogen-bond donors (Lipinski definition) is 2. The van der Waals surface area contributed by atoms with Crippen molar-refractivity contribution in [1.29, 1.82) is 0 Å². The lowest BCUT2D eigenvalue weighted by Gasteiger charge is -2.27. The Labute approximate surface area is 166 Å². The second kappa shape index (κ2) is 10.2. The van der Waals surface area contributed by atoms with Crippen LogP contribution in [0.1, 0.15) is 69.2 Å². The van der Waals surface area contributed by atoms with E-state index in [9.17, 15) is 9.90 Å². The van der Waals surface area contributed by atoms with Crippen LogP contribution in [-0.2, 0) is 17.6 Å². The normalized spacial score (nSPS) is 20.0. The van der Waals surface area contributed by atoms with Gasteiger partial charge in [-0.05, 0) is 50.2 Å². The predicted octanol–water partition coefficient (Wildman–Crippen LogP) is 4.51. The van der Waals surface area contributed by atoms with Crippen molar-refractivity contribution in [2.75, 3.05) is 0 Å². The SMILES string of the molecule is O=C1CCC[C@]1(CCCCCCc1nn[nH]n1)/C(O)=C\CCc1ccccc1. The van der Waals surface area contributed by atoms with Crippen molar-refractivity contribution in [3.8, 4) is 0 Å². The number of rotatable bonds is 11. The van der Waals surface area contributed by atoms with Crippen LogP contribution in [0.5, 0.6) is 0 Å². The second-order valence-corrected chi connectivity index (χ2v) is 7.71. The van der Waals surface area contributed by atoms with Crippen LogP contribution in [0.4, 0.5) is 0 Å². The summed E-state index contributed by atoms with van der Waals surface area (Å²) in [5, 5.41) is 24.7. The van der Waals surface area contributed by atoms with Crippen LogP contribution in [0.3, 0.4) is 0 Å². The number of allylic oxidation sites excluding steroid dienone is 2. The van der Waals surface area contributed by atoms with Gasteiger partial charge in [-0.3, -0.25) is 4.79 Å². The molecule has 1 fully saturated rings. The summed E-state index contributed by atoms with van der Waals surface area (Å²) < 4.78 is 0. The Morgan fingerprint density at radius 1 is 1.14 bits per heavy atom. The number of nitrogens with one attached hydrogen (secondary N) is 1. The minimum Gasteiger partial charge on any atom is -0.512 e. The van der Waals surface area contributed by atoms with Crippen LogP contribution >= 0.6 is 0 Å². The van der Waals surface area contributed by atoms with Gasteiger partial charge in [0.05, 0.1) is 5.41 Å². The highest BCUT2D eigenvalue weighted by atomic mass is 16.3. The summed E-state index contributed by atoms with van der Waals surface area (Å²) in [5.41, 5.74) is 0.615. The van der Waals surface area contributed by atoms with Crippen molar-refractivity contribution in [2.45, 2.75) is 70.6 Å². The first kappa shape index (κ1) is 20.2. The smallest absolute Gasteiger partial charge is 0.174 e. The maximum Gasteiger partial charge on any atom is 0.174 e. The van der Waals surface area contributed by atoms with Gasteiger partial charge in [-0.15, -0.1) is 10.2 Å². The van der Waals surface area contributed by atoms with Gasteiger partial charge in [-0.25, -0.2) is 0 Å². The van der Waals surface area contributed by atoms with Gasteiger partial charge < -0.3 is 5.11 Å². The number of aryl methyl sites for hydroxylation is 2. The number of carbonyl (C=O) groups excluding carboxylic acids is 1. The topological polar surface area (TPSA) is 91.8 Å². The van der Waals surface area contributed by atoms with Gasteiger partial charge in [0.2, 0.25) is 0 Å². The van der Waals surface area contributed by atoms with E-state index in [4.69, 9.17) is 0 Å². The first-order valence-electron chi connectivity index (χ1n) is 10.4. The number of ketones is 1. The van der Waals surface area contributed by atoms with E-state index in [0.717, 1.165) is 70.0 Å². The summed E-state index contributed by atoms with van der Waals surface area (Å²) in [5.74, 6) is 1.27. The first-order valence-corrected chi connectivity index (χ1v) is 10.4. The zero-order chi connectivity index (χ0) is 19.7. The van der Waals surface area contributed by atoms with Crippen molar-refractivity contribution in [3.63, 3.8) is 0 Å². The molecule has 0 radical (unpaired) electrons. The highest BCUT2D eigenvalue weighted by Crippen LogP contribution is 2.44. The fourth-order valence-electron chi connectivity index (χ4n) is 4.16. The molecule has 0 unspecified atom stereocenters. The van der Waals surface area contributed by atoms with Crippen LogP contribution in [-0.4, -0.2) is 31.5 Å². The number of tetrazole rings is 1. The Balaban J connectivity index is 1.47. The number of H-pyrrole nitrogens is 1. The van der Waals surface area contributed by atoms with Gasteiger partial charge in [-0.1, -0.05) is 54.8 Å². The number of aliphatic hydroxyl groups excluding tert-OH is 1. The van der Waals surface area contributed by atoms with E-state index in [1.54, 1.807) is 0 Å². The Kier molecular flexibility index (Phi) is 7.34. The van der Waals surface area contributed by atoms with Gasteiger partial charge in [0, 0.05) is 12.8 Å². The molecule has 6 nitrogen and oxygen atoms in total. The molecular weight excluding hydrogens is 352 g/mol. The molecule has 1 atom stereocenters. The average molecular weight is 383 g/mol. The third kappa shape index (κ3) is 5.27. The quantitative estimate of drug-likeness (QED) is 0.441. The molecule has 1 heterocycles. The van der Waals surface area contributed by atoms with Crippen molar-refractivity contribution >= 4 is 5.78 Å². The first-order chi connectivity index (χ1) is 13.7. The summed E-state index contributed by atoms with van der Waals surface area (Å²) in [6.07, 6.45) is 11.4. The molecule has 1 aliphatic carbocycles. The zero-order valence-electron chi connectivity index (χ0n) is 16.4. The third-order valence-corrected chi connectivity index (χ3v) is 5.79. The van der Waals surface area contributed by atoms with E-state index in [1.807, 2.05) is 24.3 Å². The standard InChI is InChI=1S/C22H30N4O2/c27-19(13-8-12-18-10-4-3-5-11-18)22(17-9-14-20(22)28)16-7-2-1-6-15-21-23-25-26-24-21/h3-5,10-11,13,27H,1-2,6-9,12,14-17H2,(H,23,24,25,26)/b19-13+/t22-/m1/s1. The van der Waals surface area contributed by atoms with Gasteiger partial charge in [0.1, 0.15) is 11.5 Å². The summed E-state index contributed by atoms with van der Waals surface area (Å²) in [6.45, 7) is 0. The number of Topliss-reactive ketones (excluding diaryl/α,β-unsaturated/α-hetero) is 1. The Bertz CT molecular complexity index is 758. The lowest BCUT2D eigenvalue weighted by Crippen LogP contribution is -2.28. The monoisotopic (exact) mass is 382 g/mol. The molecule has 28 heavy (non-hydrogen) atoms. The van der Waals surface area contributed by atoms with Gasteiger partial charge >= 0.3 is 0 Å². The van der Waals surface area contributed by atoms with E-state index in [-0.39, 0.29) is 5.78 Å². The van der Waals surface area contributed by atoms with E-state index in [1.165, 1.54) is 5.56 Å². The zero-order valence-corrected chi connectivity index (χ0v) is 16.4. The third-order valence-electron chi connectivity index (χ3n) is 5.79.